The van der Waals surface area contributed by atoms with E-state index in [1.165, 1.54) is 11.1 Å². The number of anilines is 1. The number of hydrogen-bond acceptors (Lipinski definition) is 2. The highest BCUT2D eigenvalue weighted by molar-refractivity contribution is 5.95. The standard InChI is InChI=1S/C21H27NO2/c1-13(2)19-11-10-18(12-16(19)5)24-17(6)21(23)22-20-14(3)8-7-9-15(20)4/h7-13,17H,1-6H3,(H,22,23). The van der Waals surface area contributed by atoms with Crippen molar-refractivity contribution in [1.29, 1.82) is 0 Å². The van der Waals surface area contributed by atoms with Crippen molar-refractivity contribution in [2.45, 2.75) is 53.6 Å². The minimum Gasteiger partial charge on any atom is -0.481 e. The lowest BCUT2D eigenvalue weighted by Gasteiger charge is -2.18. The summed E-state index contributed by atoms with van der Waals surface area (Å²) in [6.45, 7) is 12.2. The zero-order valence-corrected chi connectivity index (χ0v) is 15.4. The van der Waals surface area contributed by atoms with Crippen LogP contribution in [0.2, 0.25) is 0 Å². The summed E-state index contributed by atoms with van der Waals surface area (Å²) in [5, 5.41) is 2.98. The summed E-state index contributed by atoms with van der Waals surface area (Å²) in [6.07, 6.45) is -0.562. The molecule has 0 heterocycles. The molecule has 2 rings (SSSR count). The number of carbonyl (C=O) groups excluding carboxylic acids is 1. The number of carbonyl (C=O) groups is 1. The van der Waals surface area contributed by atoms with Crippen LogP contribution in [0.5, 0.6) is 5.75 Å². The van der Waals surface area contributed by atoms with Crippen LogP contribution in [0.1, 0.15) is 48.9 Å². The molecular formula is C21H27NO2. The van der Waals surface area contributed by atoms with Gasteiger partial charge >= 0.3 is 0 Å². The Kier molecular flexibility index (Phi) is 5.66. The van der Waals surface area contributed by atoms with Crippen molar-refractivity contribution in [1.82, 2.24) is 0 Å². The van der Waals surface area contributed by atoms with Gasteiger partial charge in [-0.15, -0.1) is 0 Å². The highest BCUT2D eigenvalue weighted by Crippen LogP contribution is 2.25. The molecule has 0 aromatic heterocycles. The maximum atomic E-state index is 12.4. The molecule has 3 heteroatoms. The van der Waals surface area contributed by atoms with Crippen molar-refractivity contribution in [3.63, 3.8) is 0 Å². The number of amides is 1. The van der Waals surface area contributed by atoms with Gasteiger partial charge in [-0.1, -0.05) is 38.1 Å². The van der Waals surface area contributed by atoms with Crippen LogP contribution in [0.15, 0.2) is 36.4 Å². The molecule has 1 unspecified atom stereocenters. The fraction of sp³-hybridized carbons (Fsp3) is 0.381. The fourth-order valence-corrected chi connectivity index (χ4v) is 2.86. The summed E-state index contributed by atoms with van der Waals surface area (Å²) in [5.74, 6) is 1.06. The highest BCUT2D eigenvalue weighted by Gasteiger charge is 2.17. The van der Waals surface area contributed by atoms with Gasteiger partial charge in [0.1, 0.15) is 5.75 Å². The molecule has 0 radical (unpaired) electrons. The topological polar surface area (TPSA) is 38.3 Å². The highest BCUT2D eigenvalue weighted by atomic mass is 16.5. The van der Waals surface area contributed by atoms with Gasteiger partial charge in [0.05, 0.1) is 0 Å². The van der Waals surface area contributed by atoms with Gasteiger partial charge in [-0.2, -0.15) is 0 Å². The van der Waals surface area contributed by atoms with Crippen LogP contribution in [0, 0.1) is 20.8 Å². The summed E-state index contributed by atoms with van der Waals surface area (Å²) in [7, 11) is 0. The third-order valence-corrected chi connectivity index (χ3v) is 4.27. The average molecular weight is 325 g/mol. The minimum absolute atomic E-state index is 0.141. The molecule has 0 aliphatic carbocycles. The molecule has 0 fully saturated rings. The molecule has 0 saturated heterocycles. The predicted octanol–water partition coefficient (Wildman–Crippen LogP) is 5.14. The minimum atomic E-state index is -0.562. The lowest BCUT2D eigenvalue weighted by atomic mass is 9.98. The number of nitrogens with one attached hydrogen (secondary N) is 1. The smallest absolute Gasteiger partial charge is 0.265 e. The first-order valence-corrected chi connectivity index (χ1v) is 8.44. The van der Waals surface area contributed by atoms with Crippen molar-refractivity contribution in [2.75, 3.05) is 5.32 Å². The second-order valence-corrected chi connectivity index (χ2v) is 6.69. The second kappa shape index (κ2) is 7.52. The Morgan fingerprint density at radius 3 is 2.12 bits per heavy atom. The molecule has 2 aromatic rings. The lowest BCUT2D eigenvalue weighted by Crippen LogP contribution is -2.30. The van der Waals surface area contributed by atoms with E-state index >= 15 is 0 Å². The molecule has 0 aliphatic rings. The summed E-state index contributed by atoms with van der Waals surface area (Å²) in [4.78, 5) is 12.4. The number of benzene rings is 2. The molecule has 3 nitrogen and oxygen atoms in total. The molecular weight excluding hydrogens is 298 g/mol. The molecule has 0 aliphatic heterocycles. The Balaban J connectivity index is 2.08. The monoisotopic (exact) mass is 325 g/mol. The van der Waals surface area contributed by atoms with E-state index in [9.17, 15) is 4.79 Å². The molecule has 0 saturated carbocycles. The van der Waals surface area contributed by atoms with E-state index in [4.69, 9.17) is 4.74 Å². The van der Waals surface area contributed by atoms with Crippen LogP contribution >= 0.6 is 0 Å². The fourth-order valence-electron chi connectivity index (χ4n) is 2.86. The van der Waals surface area contributed by atoms with Crippen molar-refractivity contribution in [3.05, 3.63) is 58.7 Å². The molecule has 1 atom stereocenters. The van der Waals surface area contributed by atoms with Crippen molar-refractivity contribution < 1.29 is 9.53 Å². The van der Waals surface area contributed by atoms with Crippen LogP contribution in [0.4, 0.5) is 5.69 Å². The zero-order chi connectivity index (χ0) is 17.9. The summed E-state index contributed by atoms with van der Waals surface area (Å²) in [6, 6.07) is 12.0. The lowest BCUT2D eigenvalue weighted by molar-refractivity contribution is -0.122. The van der Waals surface area contributed by atoms with Gasteiger partial charge < -0.3 is 10.1 Å². The van der Waals surface area contributed by atoms with E-state index in [2.05, 4.69) is 32.2 Å². The molecule has 1 amide bonds. The van der Waals surface area contributed by atoms with Gasteiger partial charge in [0.25, 0.3) is 5.91 Å². The first kappa shape index (κ1) is 18.1. The SMILES string of the molecule is Cc1cc(OC(C)C(=O)Nc2c(C)cccc2C)ccc1C(C)C. The number of hydrogen-bond donors (Lipinski definition) is 1. The van der Waals surface area contributed by atoms with Gasteiger partial charge in [0.15, 0.2) is 6.10 Å². The summed E-state index contributed by atoms with van der Waals surface area (Å²) < 4.78 is 5.83. The van der Waals surface area contributed by atoms with Crippen LogP contribution in [-0.2, 0) is 4.79 Å². The predicted molar refractivity (Wildman–Crippen MR) is 99.9 cm³/mol. The van der Waals surface area contributed by atoms with Crippen LogP contribution < -0.4 is 10.1 Å². The van der Waals surface area contributed by atoms with Crippen LogP contribution in [-0.4, -0.2) is 12.0 Å². The van der Waals surface area contributed by atoms with E-state index in [0.717, 1.165) is 22.6 Å². The van der Waals surface area contributed by atoms with Crippen molar-refractivity contribution >= 4 is 11.6 Å². The van der Waals surface area contributed by atoms with Gasteiger partial charge in [0, 0.05) is 5.69 Å². The van der Waals surface area contributed by atoms with Crippen molar-refractivity contribution in [3.8, 4) is 5.75 Å². The number of para-hydroxylation sites is 1. The third-order valence-electron chi connectivity index (χ3n) is 4.27. The zero-order valence-electron chi connectivity index (χ0n) is 15.4. The second-order valence-electron chi connectivity index (χ2n) is 6.69. The number of rotatable bonds is 5. The Bertz CT molecular complexity index is 714. The first-order valence-electron chi connectivity index (χ1n) is 8.44. The molecule has 1 N–H and O–H groups in total. The maximum absolute atomic E-state index is 12.4. The Labute approximate surface area is 145 Å². The van der Waals surface area contributed by atoms with Gasteiger partial charge in [-0.3, -0.25) is 4.79 Å². The van der Waals surface area contributed by atoms with E-state index in [1.54, 1.807) is 6.92 Å². The van der Waals surface area contributed by atoms with Gasteiger partial charge in [-0.05, 0) is 68.0 Å². The summed E-state index contributed by atoms with van der Waals surface area (Å²) >= 11 is 0. The Morgan fingerprint density at radius 2 is 1.58 bits per heavy atom. The first-order chi connectivity index (χ1) is 11.3. The molecule has 128 valence electrons. The normalized spacial score (nSPS) is 12.1. The molecule has 2 aromatic carbocycles. The van der Waals surface area contributed by atoms with E-state index < -0.39 is 6.10 Å². The molecule has 0 bridgehead atoms. The van der Waals surface area contributed by atoms with Gasteiger partial charge in [-0.25, -0.2) is 0 Å². The van der Waals surface area contributed by atoms with Crippen molar-refractivity contribution in [2.24, 2.45) is 0 Å². The Morgan fingerprint density at radius 1 is 0.958 bits per heavy atom. The number of ether oxygens (including phenoxy) is 1. The quantitative estimate of drug-likeness (QED) is 0.826. The van der Waals surface area contributed by atoms with E-state index in [0.29, 0.717) is 5.92 Å². The van der Waals surface area contributed by atoms with Crippen LogP contribution in [0.25, 0.3) is 0 Å². The third kappa shape index (κ3) is 4.16. The van der Waals surface area contributed by atoms with Crippen LogP contribution in [0.3, 0.4) is 0 Å². The largest absolute Gasteiger partial charge is 0.481 e. The van der Waals surface area contributed by atoms with Gasteiger partial charge in [0.2, 0.25) is 0 Å². The maximum Gasteiger partial charge on any atom is 0.265 e. The van der Waals surface area contributed by atoms with E-state index in [1.807, 2.05) is 44.2 Å². The van der Waals surface area contributed by atoms with E-state index in [-0.39, 0.29) is 5.91 Å². The molecule has 0 spiro atoms. The average Bonchev–Trinajstić information content (AvgIpc) is 2.50. The Hall–Kier alpha value is -2.29. The molecule has 24 heavy (non-hydrogen) atoms. The number of aryl methyl sites for hydroxylation is 3. The summed E-state index contributed by atoms with van der Waals surface area (Å²) in [5.41, 5.74) is 5.45.